The molecule has 14 aromatic carbocycles. The number of nitrogens with zero attached hydrogens (tertiary/aromatic N) is 4. The Kier molecular flexibility index (Phi) is 19.3. The molecular formula is C139H142B2N4OS2. The quantitative estimate of drug-likeness (QED) is 0.141. The lowest BCUT2D eigenvalue weighted by Gasteiger charge is -2.47. The molecular weight excluding hydrogens is 1830 g/mol. The van der Waals surface area contributed by atoms with Gasteiger partial charge in [-0.05, 0) is 406 Å². The first-order chi connectivity index (χ1) is 70.1. The summed E-state index contributed by atoms with van der Waals surface area (Å²) >= 11 is 4.12. The fourth-order valence-electron chi connectivity index (χ4n) is 30.9. The van der Waals surface area contributed by atoms with Crippen LogP contribution in [-0.2, 0) is 76.8 Å². The fraction of sp³-hybridized carbons (Fsp3) is 0.367. The number of fused-ring (bicyclic) bond motifs is 24. The number of thiophene rings is 2. The molecule has 742 valence electrons. The lowest BCUT2D eigenvalue weighted by Crippen LogP contribution is -2.61. The van der Waals surface area contributed by atoms with E-state index in [9.17, 15) is 0 Å². The molecule has 5 nitrogen and oxygen atoms in total. The molecule has 0 N–H and O–H groups in total. The van der Waals surface area contributed by atoms with Crippen LogP contribution in [0.1, 0.15) is 334 Å². The Morgan fingerprint density at radius 2 is 0.622 bits per heavy atom. The predicted molar refractivity (Wildman–Crippen MR) is 637 cm³/mol. The van der Waals surface area contributed by atoms with Gasteiger partial charge in [0.2, 0.25) is 0 Å². The zero-order valence-corrected chi connectivity index (χ0v) is 93.7. The summed E-state index contributed by atoms with van der Waals surface area (Å²) < 4.78 is 10.1. The summed E-state index contributed by atoms with van der Waals surface area (Å²) in [7, 11) is 0. The average molecular weight is 1970 g/mol. The van der Waals surface area contributed by atoms with Gasteiger partial charge in [0.25, 0.3) is 13.4 Å². The minimum absolute atomic E-state index is 0.00185. The number of hydrogen-bond donors (Lipinski definition) is 0. The smallest absolute Gasteiger partial charge is 0.254 e. The lowest BCUT2D eigenvalue weighted by atomic mass is 9.33. The molecule has 1 atom stereocenters. The molecule has 28 rings (SSSR count). The minimum atomic E-state index is -0.244. The van der Waals surface area contributed by atoms with Crippen LogP contribution in [0.5, 0.6) is 0 Å². The van der Waals surface area contributed by atoms with Crippen molar-refractivity contribution in [1.82, 2.24) is 0 Å². The maximum atomic E-state index is 7.33. The van der Waals surface area contributed by atoms with Gasteiger partial charge in [0.15, 0.2) is 5.58 Å². The molecule has 0 radical (unpaired) electrons. The molecule has 11 aliphatic rings. The van der Waals surface area contributed by atoms with Crippen molar-refractivity contribution in [3.63, 3.8) is 0 Å². The van der Waals surface area contributed by atoms with Gasteiger partial charge < -0.3 is 24.0 Å². The van der Waals surface area contributed by atoms with Crippen LogP contribution in [0.25, 0.3) is 75.5 Å². The Hall–Kier alpha value is -11.9. The SMILES string of the molecule is CC1(C)CCC(C)(C)c2cc(N3c4cc(-c5ccc(CC6(C)CCC(C)(C)c7cc8sc9c(c8cc76)B6c7cc8c(cc7N(c7cccc%10c7oc7ccccc7%10)c7cc(-c%10ccccc%10)cc(c76)N9c6ccc7c(c6)C(C)(C)CCC7(C)C)C(C)(C)CCC8(C)C)cc5)cc5c4B(c4cc6c(cc4N5c4cccc5c4-c4ccccc4C5(C)C)C(C)(C)CCC6(C)C)c4c3sc3cc5c(cc43)C(C)(C)CCC5(C)C)ccc21. The molecule has 0 bridgehead atoms. The van der Waals surface area contributed by atoms with Crippen LogP contribution < -0.4 is 52.4 Å². The third-order valence-corrected chi connectivity index (χ3v) is 43.0. The second kappa shape index (κ2) is 30.5. The maximum Gasteiger partial charge on any atom is 0.254 e. The van der Waals surface area contributed by atoms with E-state index in [1.807, 2.05) is 0 Å². The molecule has 17 aromatic rings. The Morgan fingerprint density at radius 3 is 1.12 bits per heavy atom. The molecule has 0 spiro atoms. The van der Waals surface area contributed by atoms with Gasteiger partial charge >= 0.3 is 0 Å². The number of hydrogen-bond acceptors (Lipinski definition) is 7. The van der Waals surface area contributed by atoms with Gasteiger partial charge in [-0.15, -0.1) is 22.7 Å². The average Bonchev–Trinajstić information content (AvgIpc) is 1.39. The van der Waals surface area contributed by atoms with Crippen LogP contribution in [0.4, 0.5) is 66.9 Å². The Balaban J connectivity index is 0.664. The van der Waals surface area contributed by atoms with E-state index in [1.54, 1.807) is 0 Å². The highest BCUT2D eigenvalue weighted by Crippen LogP contribution is 2.64. The predicted octanol–water partition coefficient (Wildman–Crippen LogP) is 35.1. The van der Waals surface area contributed by atoms with Crippen molar-refractivity contribution < 1.29 is 4.42 Å². The first kappa shape index (κ1) is 93.4. The highest BCUT2D eigenvalue weighted by atomic mass is 32.1. The van der Waals surface area contributed by atoms with Crippen LogP contribution in [0, 0.1) is 0 Å². The highest BCUT2D eigenvalue weighted by Gasteiger charge is 2.56. The van der Waals surface area contributed by atoms with Crippen LogP contribution in [-0.4, -0.2) is 13.4 Å². The first-order valence-electron chi connectivity index (χ1n) is 55.9. The van der Waals surface area contributed by atoms with E-state index in [1.165, 1.54) is 237 Å². The molecule has 148 heavy (non-hydrogen) atoms. The number of rotatable bonds is 8. The molecule has 1 unspecified atom stereocenters. The normalized spacial score (nSPS) is 21.2. The first-order valence-corrected chi connectivity index (χ1v) is 57.5. The maximum absolute atomic E-state index is 7.33. The zero-order valence-electron chi connectivity index (χ0n) is 92.0. The van der Waals surface area contributed by atoms with Gasteiger partial charge in [0.05, 0.1) is 21.4 Å². The number of para-hydroxylation sites is 2. The molecule has 0 amide bonds. The van der Waals surface area contributed by atoms with Gasteiger partial charge in [0.1, 0.15) is 5.58 Å². The second-order valence-electron chi connectivity index (χ2n) is 55.5. The van der Waals surface area contributed by atoms with Gasteiger partial charge in [-0.3, -0.25) is 0 Å². The molecule has 0 saturated carbocycles. The molecule has 0 saturated heterocycles. The summed E-state index contributed by atoms with van der Waals surface area (Å²) in [5, 5.41) is 7.76. The summed E-state index contributed by atoms with van der Waals surface area (Å²) in [6, 6.07) is 102. The van der Waals surface area contributed by atoms with Gasteiger partial charge in [0, 0.05) is 76.6 Å². The van der Waals surface area contributed by atoms with Crippen LogP contribution in [0.2, 0.25) is 0 Å². The van der Waals surface area contributed by atoms with E-state index in [2.05, 4.69) is 464 Å². The molecule has 0 fully saturated rings. The number of benzene rings is 14. The Bertz CT molecular complexity index is 8700. The number of anilines is 12. The van der Waals surface area contributed by atoms with E-state index < -0.39 is 0 Å². The standard InChI is InChI=1S/C139H142B2N4OS2/c1-127(2)53-55-129(5,6)96-69-85(49-51-93(96)127)142-112-65-83(81-35-27-26-28-36-81)67-115-123(112)141(107-74-100-102(135(17,18)61-59-133(100,13)14)76-111(107)145(115)109-43-33-39-88-87-37-30-32-44-116(87)146-124(88)109)121-91-72-105-104(78-118(91)148-126(121)142)137(21,22)63-64-139(105,25)79-80-45-47-82(48-46-80)84-66-113-122-114(68-84)144(108-42-34-41-95-119(108)89-38-29-31-40-92(89)138(95,23)24)110-75-101-99(132(11,12)58-60-134(101,15)16)73-106(110)140(122)120-90-71-98-103(136(19,20)62-57-131(98,9)10)77-117(90)147-125(120)143(113)86-50-52-94-97(70-86)130(7,8)56-54-128(94,3)4/h26-52,65-78H,53-64,79H2,1-25H3. The second-order valence-corrected chi connectivity index (χ2v) is 57.6. The van der Waals surface area contributed by atoms with Crippen molar-refractivity contribution in [3.8, 4) is 33.4 Å². The van der Waals surface area contributed by atoms with Gasteiger partial charge in [-0.1, -0.05) is 319 Å². The molecule has 3 aromatic heterocycles. The monoisotopic (exact) mass is 1970 g/mol. The van der Waals surface area contributed by atoms with Crippen molar-refractivity contribution >= 4 is 178 Å². The summed E-state index contributed by atoms with van der Waals surface area (Å²) in [6.07, 6.45) is 14.4. The van der Waals surface area contributed by atoms with E-state index in [0.29, 0.717) is 0 Å². The third kappa shape index (κ3) is 13.2. The Morgan fingerprint density at radius 1 is 0.250 bits per heavy atom. The zero-order chi connectivity index (χ0) is 102. The molecule has 7 heterocycles. The van der Waals surface area contributed by atoms with Crippen molar-refractivity contribution in [2.24, 2.45) is 0 Å². The largest absolute Gasteiger partial charge is 0.454 e. The van der Waals surface area contributed by atoms with Crippen molar-refractivity contribution in [1.29, 1.82) is 0 Å². The van der Waals surface area contributed by atoms with E-state index in [0.717, 1.165) is 105 Å². The Labute approximate surface area is 887 Å². The highest BCUT2D eigenvalue weighted by molar-refractivity contribution is 7.27. The summed E-state index contributed by atoms with van der Waals surface area (Å²) in [4.78, 5) is 11.2. The fourth-order valence-corrected chi connectivity index (χ4v) is 33.5. The van der Waals surface area contributed by atoms with Crippen molar-refractivity contribution in [2.45, 2.75) is 327 Å². The minimum Gasteiger partial charge on any atom is -0.454 e. The van der Waals surface area contributed by atoms with E-state index in [4.69, 9.17) is 4.42 Å². The van der Waals surface area contributed by atoms with Crippen molar-refractivity contribution in [3.05, 3.63) is 332 Å². The topological polar surface area (TPSA) is 26.1 Å². The lowest BCUT2D eigenvalue weighted by molar-refractivity contribution is 0.311. The summed E-state index contributed by atoms with van der Waals surface area (Å²) in [5.41, 5.74) is 51.4. The van der Waals surface area contributed by atoms with Crippen LogP contribution in [0.3, 0.4) is 0 Å². The molecule has 9 heteroatoms. The number of furan rings is 1. The van der Waals surface area contributed by atoms with Gasteiger partial charge in [-0.25, -0.2) is 0 Å². The molecule has 4 aliphatic heterocycles. The van der Waals surface area contributed by atoms with Crippen LogP contribution >= 0.6 is 22.7 Å². The van der Waals surface area contributed by atoms with Crippen molar-refractivity contribution in [2.75, 3.05) is 19.6 Å². The van der Waals surface area contributed by atoms with E-state index >= 15 is 0 Å². The van der Waals surface area contributed by atoms with Gasteiger partial charge in [-0.2, -0.15) is 0 Å². The summed E-state index contributed by atoms with van der Waals surface area (Å²) in [6.45, 7) is 63.0. The molecule has 7 aliphatic carbocycles. The third-order valence-electron chi connectivity index (χ3n) is 40.7. The van der Waals surface area contributed by atoms with Crippen LogP contribution in [0.15, 0.2) is 253 Å². The van der Waals surface area contributed by atoms with E-state index in [-0.39, 0.29) is 83.8 Å². The summed E-state index contributed by atoms with van der Waals surface area (Å²) in [5.74, 6) is 0.